The van der Waals surface area contributed by atoms with E-state index in [2.05, 4.69) is 5.32 Å². The van der Waals surface area contributed by atoms with Crippen molar-refractivity contribution in [2.45, 2.75) is 63.5 Å². The largest absolute Gasteiger partial charge is 0.497 e. The first kappa shape index (κ1) is 18.3. The lowest BCUT2D eigenvalue weighted by molar-refractivity contribution is -0.156. The summed E-state index contributed by atoms with van der Waals surface area (Å²) in [7, 11) is 1.60. The molecule has 4 aliphatic carbocycles. The second kappa shape index (κ2) is 7.17. The highest BCUT2D eigenvalue weighted by Gasteiger charge is 2.51. The van der Waals surface area contributed by atoms with Crippen LogP contribution in [0.2, 0.25) is 0 Å². The summed E-state index contributed by atoms with van der Waals surface area (Å²) >= 11 is 0. The normalized spacial score (nSPS) is 32.0. The third kappa shape index (κ3) is 3.97. The van der Waals surface area contributed by atoms with E-state index in [0.717, 1.165) is 48.3 Å². The van der Waals surface area contributed by atoms with Crippen molar-refractivity contribution in [1.29, 1.82) is 0 Å². The molecular weight excluding hydrogens is 342 g/mol. The smallest absolute Gasteiger partial charge is 0.311 e. The summed E-state index contributed by atoms with van der Waals surface area (Å²) in [5, 5.41) is 3.28. The van der Waals surface area contributed by atoms with Gasteiger partial charge in [-0.2, -0.15) is 0 Å². The van der Waals surface area contributed by atoms with Gasteiger partial charge in [-0.25, -0.2) is 0 Å². The standard InChI is InChI=1S/C22H29NO4/c1-14(27-20(24)10-15-3-5-19(26-2)6-4-15)21(25)23-22-11-16-7-17(12-22)9-18(8-16)13-22/h3-6,14,16-18H,7-13H2,1-2H3,(H,23,25)/t14-,16?,17?,18?,22?/m0/s1. The van der Waals surface area contributed by atoms with Gasteiger partial charge in [-0.05, 0) is 80.9 Å². The number of ether oxygens (including phenoxy) is 2. The van der Waals surface area contributed by atoms with Crippen molar-refractivity contribution in [2.75, 3.05) is 7.11 Å². The molecule has 0 radical (unpaired) electrons. The molecular formula is C22H29NO4. The molecule has 0 spiro atoms. The van der Waals surface area contributed by atoms with Crippen LogP contribution in [-0.4, -0.2) is 30.6 Å². The number of amides is 1. The summed E-state index contributed by atoms with van der Waals surface area (Å²) in [6.45, 7) is 1.67. The van der Waals surface area contributed by atoms with E-state index < -0.39 is 6.10 Å². The first-order valence-electron chi connectivity index (χ1n) is 10.1. The minimum Gasteiger partial charge on any atom is -0.497 e. The molecule has 4 fully saturated rings. The summed E-state index contributed by atoms with van der Waals surface area (Å²) < 4.78 is 10.5. The molecule has 0 unspecified atom stereocenters. The van der Waals surface area contributed by atoms with Crippen LogP contribution in [0, 0.1) is 17.8 Å². The van der Waals surface area contributed by atoms with E-state index >= 15 is 0 Å². The van der Waals surface area contributed by atoms with E-state index in [-0.39, 0.29) is 23.8 Å². The van der Waals surface area contributed by atoms with Crippen LogP contribution < -0.4 is 10.1 Å². The van der Waals surface area contributed by atoms with Crippen molar-refractivity contribution < 1.29 is 19.1 Å². The Hall–Kier alpha value is -2.04. The summed E-state index contributed by atoms with van der Waals surface area (Å²) in [4.78, 5) is 24.9. The first-order chi connectivity index (χ1) is 12.9. The summed E-state index contributed by atoms with van der Waals surface area (Å²) in [6, 6.07) is 7.29. The molecule has 4 aliphatic rings. The Labute approximate surface area is 160 Å². The lowest BCUT2D eigenvalue weighted by Crippen LogP contribution is -2.61. The molecule has 5 rings (SSSR count). The highest BCUT2D eigenvalue weighted by atomic mass is 16.5. The van der Waals surface area contributed by atoms with Gasteiger partial charge in [0, 0.05) is 5.54 Å². The molecule has 5 nitrogen and oxygen atoms in total. The van der Waals surface area contributed by atoms with Crippen molar-refractivity contribution in [3.8, 4) is 5.75 Å². The van der Waals surface area contributed by atoms with Gasteiger partial charge in [0.15, 0.2) is 6.10 Å². The van der Waals surface area contributed by atoms with Crippen LogP contribution in [0.3, 0.4) is 0 Å². The zero-order valence-corrected chi connectivity index (χ0v) is 16.2. The van der Waals surface area contributed by atoms with E-state index in [9.17, 15) is 9.59 Å². The quantitative estimate of drug-likeness (QED) is 0.780. The summed E-state index contributed by atoms with van der Waals surface area (Å²) in [5.74, 6) is 2.52. The van der Waals surface area contributed by atoms with Gasteiger partial charge in [-0.15, -0.1) is 0 Å². The zero-order chi connectivity index (χ0) is 19.0. The number of esters is 1. The lowest BCUT2D eigenvalue weighted by atomic mass is 9.53. The molecule has 1 N–H and O–H groups in total. The van der Waals surface area contributed by atoms with Crippen molar-refractivity contribution in [2.24, 2.45) is 17.8 Å². The van der Waals surface area contributed by atoms with Crippen LogP contribution >= 0.6 is 0 Å². The Morgan fingerprint density at radius 2 is 1.63 bits per heavy atom. The Balaban J connectivity index is 1.30. The second-order valence-electron chi connectivity index (χ2n) is 8.84. The second-order valence-corrected chi connectivity index (χ2v) is 8.84. The predicted molar refractivity (Wildman–Crippen MR) is 101 cm³/mol. The maximum atomic E-state index is 12.7. The van der Waals surface area contributed by atoms with Crippen LogP contribution in [-0.2, 0) is 20.7 Å². The Morgan fingerprint density at radius 1 is 1.07 bits per heavy atom. The molecule has 27 heavy (non-hydrogen) atoms. The fraction of sp³-hybridized carbons (Fsp3) is 0.636. The van der Waals surface area contributed by atoms with Crippen LogP contribution in [0.25, 0.3) is 0 Å². The maximum absolute atomic E-state index is 12.7. The Kier molecular flexibility index (Phi) is 4.87. The summed E-state index contributed by atoms with van der Waals surface area (Å²) in [6.07, 6.45) is 6.68. The number of benzene rings is 1. The highest BCUT2D eigenvalue weighted by Crippen LogP contribution is 2.55. The van der Waals surface area contributed by atoms with Crippen molar-refractivity contribution >= 4 is 11.9 Å². The van der Waals surface area contributed by atoms with Gasteiger partial charge >= 0.3 is 5.97 Å². The van der Waals surface area contributed by atoms with E-state index in [0.29, 0.717) is 0 Å². The molecule has 1 amide bonds. The zero-order valence-electron chi connectivity index (χ0n) is 16.2. The monoisotopic (exact) mass is 371 g/mol. The van der Waals surface area contributed by atoms with Gasteiger partial charge < -0.3 is 14.8 Å². The van der Waals surface area contributed by atoms with Crippen LogP contribution in [0.5, 0.6) is 5.75 Å². The molecule has 0 aliphatic heterocycles. The van der Waals surface area contributed by atoms with Gasteiger partial charge in [0.05, 0.1) is 13.5 Å². The van der Waals surface area contributed by atoms with Crippen molar-refractivity contribution in [3.05, 3.63) is 29.8 Å². The van der Waals surface area contributed by atoms with Crippen LogP contribution in [0.15, 0.2) is 24.3 Å². The number of methoxy groups -OCH3 is 1. The molecule has 1 atom stereocenters. The minimum absolute atomic E-state index is 0.0531. The number of carbonyl (C=O) groups is 2. The molecule has 5 heteroatoms. The van der Waals surface area contributed by atoms with Gasteiger partial charge in [0.2, 0.25) is 0 Å². The maximum Gasteiger partial charge on any atom is 0.311 e. The minimum atomic E-state index is -0.760. The molecule has 0 heterocycles. The fourth-order valence-electron chi connectivity index (χ4n) is 5.83. The molecule has 146 valence electrons. The number of carbonyl (C=O) groups excluding carboxylic acids is 2. The SMILES string of the molecule is COc1ccc(CC(=O)O[C@@H](C)C(=O)NC23CC4CC(CC(C4)C2)C3)cc1. The highest BCUT2D eigenvalue weighted by molar-refractivity contribution is 5.84. The first-order valence-corrected chi connectivity index (χ1v) is 10.1. The molecule has 0 aromatic heterocycles. The van der Waals surface area contributed by atoms with Gasteiger partial charge in [0.25, 0.3) is 5.91 Å². The Morgan fingerprint density at radius 3 is 2.15 bits per heavy atom. The molecule has 4 bridgehead atoms. The fourth-order valence-corrected chi connectivity index (χ4v) is 5.83. The number of hydrogen-bond acceptors (Lipinski definition) is 4. The van der Waals surface area contributed by atoms with Gasteiger partial charge in [-0.1, -0.05) is 12.1 Å². The lowest BCUT2D eigenvalue weighted by Gasteiger charge is -2.57. The third-order valence-corrected chi connectivity index (χ3v) is 6.61. The van der Waals surface area contributed by atoms with E-state index in [1.54, 1.807) is 14.0 Å². The topological polar surface area (TPSA) is 64.6 Å². The van der Waals surface area contributed by atoms with Gasteiger partial charge in [0.1, 0.15) is 5.75 Å². The third-order valence-electron chi connectivity index (χ3n) is 6.61. The van der Waals surface area contributed by atoms with Crippen LogP contribution in [0.4, 0.5) is 0 Å². The Bertz CT molecular complexity index is 676. The van der Waals surface area contributed by atoms with E-state index in [1.807, 2.05) is 24.3 Å². The van der Waals surface area contributed by atoms with Crippen LogP contribution in [0.1, 0.15) is 51.0 Å². The van der Waals surface area contributed by atoms with E-state index in [4.69, 9.17) is 9.47 Å². The van der Waals surface area contributed by atoms with E-state index in [1.165, 1.54) is 19.3 Å². The van der Waals surface area contributed by atoms with Crippen molar-refractivity contribution in [1.82, 2.24) is 5.32 Å². The summed E-state index contributed by atoms with van der Waals surface area (Å²) in [5.41, 5.74) is 0.789. The molecule has 4 saturated carbocycles. The number of hydrogen-bond donors (Lipinski definition) is 1. The molecule has 0 saturated heterocycles. The number of rotatable bonds is 6. The molecule has 1 aromatic rings. The average molecular weight is 371 g/mol. The molecule has 1 aromatic carbocycles. The number of nitrogens with one attached hydrogen (secondary N) is 1. The van der Waals surface area contributed by atoms with Gasteiger partial charge in [-0.3, -0.25) is 9.59 Å². The average Bonchev–Trinajstić information content (AvgIpc) is 2.60. The van der Waals surface area contributed by atoms with Crippen molar-refractivity contribution in [3.63, 3.8) is 0 Å². The predicted octanol–water partition coefficient (Wildman–Crippen LogP) is 3.25.